The lowest BCUT2D eigenvalue weighted by molar-refractivity contribution is 0.260. The second kappa shape index (κ2) is 11.0. The van der Waals surface area contributed by atoms with Crippen molar-refractivity contribution in [2.75, 3.05) is 10.6 Å². The highest BCUT2D eigenvalue weighted by Crippen LogP contribution is 2.38. The number of benzene rings is 2. The molecule has 4 N–H and O–H groups in total. The number of hydrogen-bond acceptors (Lipinski definition) is 8. The van der Waals surface area contributed by atoms with E-state index >= 15 is 0 Å². The van der Waals surface area contributed by atoms with Gasteiger partial charge in [-0.25, -0.2) is 4.98 Å². The number of rotatable bonds is 9. The molecule has 6 rings (SSSR count). The monoisotopic (exact) mass is 554 g/mol. The van der Waals surface area contributed by atoms with Crippen LogP contribution >= 0.6 is 11.6 Å². The predicted octanol–water partition coefficient (Wildman–Crippen LogP) is 6.34. The molecule has 4 aromatic rings. The van der Waals surface area contributed by atoms with Crippen LogP contribution in [-0.2, 0) is 0 Å². The van der Waals surface area contributed by atoms with Crippen molar-refractivity contribution in [2.24, 2.45) is 0 Å². The molecule has 0 amide bonds. The summed E-state index contributed by atoms with van der Waals surface area (Å²) in [6.45, 7) is 2.09. The normalized spacial score (nSPS) is 16.1. The van der Waals surface area contributed by atoms with E-state index in [-0.39, 0.29) is 6.04 Å². The molecule has 1 saturated carbocycles. The summed E-state index contributed by atoms with van der Waals surface area (Å²) in [5.74, 6) is -0.566. The van der Waals surface area contributed by atoms with Crippen LogP contribution < -0.4 is 21.6 Å². The van der Waals surface area contributed by atoms with Crippen molar-refractivity contribution in [3.63, 3.8) is 0 Å². The standard InChI is InChI=1S/C30H28ClFN8/c1-2-25(18-7-4-3-5-8-18)37-27-19(15-33)16-35-28-23(27)13-20(14-24(28)31)36-29(22-9-6-12-34-30(22)32)26-17-40(39-38-26)21-10-11-21/h3-9,12-14,16-17,21,25,29,36,38-39H,2,10-11H2,1H3,(H,35,37)/t25-,29-/m1/s1. The maximum Gasteiger partial charge on any atom is 0.218 e. The van der Waals surface area contributed by atoms with Crippen LogP contribution in [0.5, 0.6) is 0 Å². The van der Waals surface area contributed by atoms with Crippen molar-refractivity contribution in [1.82, 2.24) is 25.9 Å². The molecule has 2 aromatic carbocycles. The Hall–Kier alpha value is -4.39. The van der Waals surface area contributed by atoms with E-state index in [2.05, 4.69) is 56.7 Å². The summed E-state index contributed by atoms with van der Waals surface area (Å²) in [5.41, 5.74) is 10.9. The second-order valence-electron chi connectivity index (χ2n) is 9.95. The number of fused-ring (bicyclic) bond motifs is 1. The third-order valence-corrected chi connectivity index (χ3v) is 7.53. The van der Waals surface area contributed by atoms with E-state index in [0.717, 1.165) is 30.5 Å². The van der Waals surface area contributed by atoms with Gasteiger partial charge in [-0.3, -0.25) is 9.99 Å². The first-order valence-corrected chi connectivity index (χ1v) is 13.7. The minimum absolute atomic E-state index is 0.0288. The van der Waals surface area contributed by atoms with Gasteiger partial charge in [0.2, 0.25) is 5.95 Å². The number of pyridine rings is 2. The summed E-state index contributed by atoms with van der Waals surface area (Å²) < 4.78 is 15.0. The van der Waals surface area contributed by atoms with Crippen molar-refractivity contribution in [1.29, 1.82) is 5.26 Å². The molecular formula is C30H28ClFN8. The first-order chi connectivity index (χ1) is 19.6. The number of halogens is 2. The SMILES string of the molecule is CC[C@@H](Nc1c(C#N)cnc2c(Cl)cc(N[C@@H](C3=CN(C4CC4)NN3)c3cccnc3F)cc12)c1ccccc1. The average Bonchev–Trinajstić information content (AvgIpc) is 3.72. The zero-order chi connectivity index (χ0) is 27.6. The average molecular weight is 555 g/mol. The molecule has 10 heteroatoms. The highest BCUT2D eigenvalue weighted by molar-refractivity contribution is 6.35. The van der Waals surface area contributed by atoms with Gasteiger partial charge in [-0.05, 0) is 43.0 Å². The highest BCUT2D eigenvalue weighted by atomic mass is 35.5. The topological polar surface area (TPSA) is 101 Å². The molecule has 2 atom stereocenters. The number of hydrazine groups is 2. The quantitative estimate of drug-likeness (QED) is 0.178. The van der Waals surface area contributed by atoms with Gasteiger partial charge in [0.15, 0.2) is 0 Å². The van der Waals surface area contributed by atoms with Crippen LogP contribution in [0.2, 0.25) is 5.02 Å². The van der Waals surface area contributed by atoms with Crippen LogP contribution in [0, 0.1) is 17.3 Å². The Morgan fingerprint density at radius 3 is 2.70 bits per heavy atom. The number of nitrogens with zero attached hydrogens (tertiary/aromatic N) is 4. The predicted molar refractivity (Wildman–Crippen MR) is 154 cm³/mol. The number of nitriles is 1. The Morgan fingerprint density at radius 2 is 1.98 bits per heavy atom. The number of aromatic nitrogens is 2. The van der Waals surface area contributed by atoms with Crippen LogP contribution in [0.15, 0.2) is 78.9 Å². The summed E-state index contributed by atoms with van der Waals surface area (Å²) in [5, 5.41) is 20.1. The molecule has 0 spiro atoms. The lowest BCUT2D eigenvalue weighted by atomic mass is 10.0. The van der Waals surface area contributed by atoms with Crippen LogP contribution in [0.3, 0.4) is 0 Å². The minimum atomic E-state index is -0.588. The van der Waals surface area contributed by atoms with Crippen molar-refractivity contribution in [3.05, 3.63) is 107 Å². The zero-order valence-corrected chi connectivity index (χ0v) is 22.6. The first-order valence-electron chi connectivity index (χ1n) is 13.3. The van der Waals surface area contributed by atoms with Crippen molar-refractivity contribution >= 4 is 33.9 Å². The van der Waals surface area contributed by atoms with E-state index in [1.807, 2.05) is 35.5 Å². The lowest BCUT2D eigenvalue weighted by Gasteiger charge is -2.23. The van der Waals surface area contributed by atoms with E-state index < -0.39 is 12.0 Å². The van der Waals surface area contributed by atoms with Crippen molar-refractivity contribution in [3.8, 4) is 6.07 Å². The third-order valence-electron chi connectivity index (χ3n) is 7.24. The first kappa shape index (κ1) is 25.9. The van der Waals surface area contributed by atoms with Gasteiger partial charge in [0.25, 0.3) is 0 Å². The van der Waals surface area contributed by atoms with E-state index in [0.29, 0.717) is 44.5 Å². The summed E-state index contributed by atoms with van der Waals surface area (Å²) in [4.78, 5) is 8.37. The number of anilines is 2. The summed E-state index contributed by atoms with van der Waals surface area (Å²) >= 11 is 6.76. The molecule has 2 aromatic heterocycles. The second-order valence-corrected chi connectivity index (χ2v) is 10.4. The smallest absolute Gasteiger partial charge is 0.218 e. The Labute approximate surface area is 236 Å². The fraction of sp³-hybridized carbons (Fsp3) is 0.233. The minimum Gasteiger partial charge on any atom is -0.377 e. The van der Waals surface area contributed by atoms with E-state index in [4.69, 9.17) is 11.6 Å². The highest BCUT2D eigenvalue weighted by Gasteiger charge is 2.33. The molecule has 0 unspecified atom stereocenters. The molecule has 1 aliphatic carbocycles. The van der Waals surface area contributed by atoms with Crippen LogP contribution in [0.4, 0.5) is 15.8 Å². The maximum atomic E-state index is 15.0. The number of hydrogen-bond donors (Lipinski definition) is 4. The summed E-state index contributed by atoms with van der Waals surface area (Å²) in [6.07, 6.45) is 7.93. The number of nitrogens with one attached hydrogen (secondary N) is 4. The molecule has 40 heavy (non-hydrogen) atoms. The van der Waals surface area contributed by atoms with Gasteiger partial charge in [-0.2, -0.15) is 9.65 Å². The van der Waals surface area contributed by atoms with Crippen LogP contribution in [0.1, 0.15) is 55.0 Å². The Morgan fingerprint density at radius 1 is 1.15 bits per heavy atom. The molecule has 1 fully saturated rings. The largest absolute Gasteiger partial charge is 0.377 e. The summed E-state index contributed by atoms with van der Waals surface area (Å²) in [6, 6.07) is 19.2. The molecule has 0 bridgehead atoms. The van der Waals surface area contributed by atoms with Crippen molar-refractivity contribution < 1.29 is 4.39 Å². The molecule has 1 aliphatic heterocycles. The molecule has 202 valence electrons. The molecule has 0 saturated heterocycles. The van der Waals surface area contributed by atoms with Crippen molar-refractivity contribution in [2.45, 2.75) is 44.3 Å². The van der Waals surface area contributed by atoms with Crippen LogP contribution in [0.25, 0.3) is 10.9 Å². The maximum absolute atomic E-state index is 15.0. The van der Waals surface area contributed by atoms with Gasteiger partial charge in [-0.15, -0.1) is 5.53 Å². The van der Waals surface area contributed by atoms with Crippen LogP contribution in [-0.4, -0.2) is 21.0 Å². The molecule has 8 nitrogen and oxygen atoms in total. The van der Waals surface area contributed by atoms with Gasteiger partial charge in [0, 0.05) is 41.3 Å². The van der Waals surface area contributed by atoms with E-state index in [1.165, 1.54) is 6.20 Å². The Balaban J connectivity index is 1.42. The summed E-state index contributed by atoms with van der Waals surface area (Å²) in [7, 11) is 0. The fourth-order valence-corrected chi connectivity index (χ4v) is 5.28. The molecule has 2 aliphatic rings. The van der Waals surface area contributed by atoms with Gasteiger partial charge in [-0.1, -0.05) is 54.9 Å². The van der Waals surface area contributed by atoms with Gasteiger partial charge in [0.1, 0.15) is 6.07 Å². The Kier molecular flexibility index (Phi) is 7.11. The Bertz CT molecular complexity index is 1620. The molecular weight excluding hydrogens is 527 g/mol. The molecule has 0 radical (unpaired) electrons. The third kappa shape index (κ3) is 5.11. The lowest BCUT2D eigenvalue weighted by Crippen LogP contribution is -2.38. The fourth-order valence-electron chi connectivity index (χ4n) is 5.01. The van der Waals surface area contributed by atoms with E-state index in [1.54, 1.807) is 24.4 Å². The van der Waals surface area contributed by atoms with Gasteiger partial charge >= 0.3 is 0 Å². The van der Waals surface area contributed by atoms with Gasteiger partial charge in [0.05, 0.1) is 39.6 Å². The zero-order valence-electron chi connectivity index (χ0n) is 21.8. The van der Waals surface area contributed by atoms with E-state index in [9.17, 15) is 9.65 Å². The van der Waals surface area contributed by atoms with Gasteiger partial charge < -0.3 is 16.1 Å². The molecule has 3 heterocycles.